The maximum Gasteiger partial charge on any atom is 0.340 e. The predicted molar refractivity (Wildman–Crippen MR) is 93.4 cm³/mol. The molecule has 25 heavy (non-hydrogen) atoms. The van der Waals surface area contributed by atoms with E-state index in [1.165, 1.54) is 19.2 Å². The third-order valence-corrected chi connectivity index (χ3v) is 4.35. The van der Waals surface area contributed by atoms with Crippen LogP contribution in [-0.2, 0) is 20.3 Å². The third kappa shape index (κ3) is 4.52. The molecule has 2 atom stereocenters. The molecular weight excluding hydrogens is 340 g/mol. The second kappa shape index (κ2) is 8.22. The normalized spacial score (nSPS) is 12.5. The lowest BCUT2D eigenvalue weighted by Crippen LogP contribution is -2.30. The molecule has 6 nitrogen and oxygen atoms in total. The van der Waals surface area contributed by atoms with Crippen LogP contribution in [-0.4, -0.2) is 28.4 Å². The number of hydrogen-bond donors (Lipinski definition) is 1. The van der Waals surface area contributed by atoms with Gasteiger partial charge in [0, 0.05) is 6.26 Å². The van der Waals surface area contributed by atoms with E-state index in [1.54, 1.807) is 42.5 Å². The van der Waals surface area contributed by atoms with Crippen LogP contribution >= 0.6 is 0 Å². The van der Waals surface area contributed by atoms with Crippen LogP contribution in [0.1, 0.15) is 22.8 Å². The largest absolute Gasteiger partial charge is 0.449 e. The Morgan fingerprint density at radius 3 is 2.48 bits per heavy atom. The number of carbonyl (C=O) groups is 2. The fourth-order valence-electron chi connectivity index (χ4n) is 2.09. The molecule has 0 saturated heterocycles. The van der Waals surface area contributed by atoms with E-state index in [4.69, 9.17) is 10.00 Å². The van der Waals surface area contributed by atoms with Gasteiger partial charge in [0.25, 0.3) is 5.91 Å². The number of ether oxygens (including phenoxy) is 1. The second-order valence-electron chi connectivity index (χ2n) is 5.14. The van der Waals surface area contributed by atoms with E-state index in [9.17, 15) is 13.8 Å². The van der Waals surface area contributed by atoms with Crippen molar-refractivity contribution in [2.75, 3.05) is 11.6 Å². The van der Waals surface area contributed by atoms with Crippen LogP contribution in [0.2, 0.25) is 0 Å². The first kappa shape index (κ1) is 18.4. The smallest absolute Gasteiger partial charge is 0.340 e. The minimum atomic E-state index is -1.36. The molecule has 0 spiro atoms. The van der Waals surface area contributed by atoms with Crippen molar-refractivity contribution in [2.45, 2.75) is 17.9 Å². The van der Waals surface area contributed by atoms with Crippen LogP contribution in [0.25, 0.3) is 0 Å². The van der Waals surface area contributed by atoms with Crippen LogP contribution in [0.5, 0.6) is 0 Å². The quantitative estimate of drug-likeness (QED) is 0.830. The van der Waals surface area contributed by atoms with E-state index in [0.29, 0.717) is 16.1 Å². The van der Waals surface area contributed by atoms with Gasteiger partial charge in [0.15, 0.2) is 6.10 Å². The molecule has 2 aromatic carbocycles. The molecule has 0 radical (unpaired) electrons. The maximum atomic E-state index is 12.3. The van der Waals surface area contributed by atoms with Gasteiger partial charge in [0.2, 0.25) is 0 Å². The molecule has 0 fully saturated rings. The minimum absolute atomic E-state index is 0.153. The number of amides is 1. The van der Waals surface area contributed by atoms with Crippen LogP contribution in [0.4, 0.5) is 5.69 Å². The zero-order chi connectivity index (χ0) is 18.4. The van der Waals surface area contributed by atoms with Gasteiger partial charge in [-0.05, 0) is 31.2 Å². The Hall–Kier alpha value is -2.98. The predicted octanol–water partition coefficient (Wildman–Crippen LogP) is 2.48. The van der Waals surface area contributed by atoms with E-state index in [2.05, 4.69) is 5.32 Å². The van der Waals surface area contributed by atoms with Gasteiger partial charge in [-0.1, -0.05) is 24.3 Å². The molecule has 2 aromatic rings. The molecule has 0 unspecified atom stereocenters. The van der Waals surface area contributed by atoms with Gasteiger partial charge >= 0.3 is 5.97 Å². The Bertz CT molecular complexity index is 873. The summed E-state index contributed by atoms with van der Waals surface area (Å²) in [5, 5.41) is 11.6. The van der Waals surface area contributed by atoms with Crippen molar-refractivity contribution < 1.29 is 18.5 Å². The molecule has 0 aromatic heterocycles. The Labute approximate surface area is 147 Å². The Balaban J connectivity index is 2.10. The number of benzene rings is 2. The lowest BCUT2D eigenvalue weighted by atomic mass is 10.2. The molecule has 1 amide bonds. The molecule has 0 aliphatic rings. The molecule has 0 heterocycles. The molecule has 0 bridgehead atoms. The summed E-state index contributed by atoms with van der Waals surface area (Å²) in [6.07, 6.45) is 0.374. The van der Waals surface area contributed by atoms with Crippen molar-refractivity contribution in [1.82, 2.24) is 0 Å². The Kier molecular flexibility index (Phi) is 6.03. The Morgan fingerprint density at radius 2 is 1.80 bits per heavy atom. The van der Waals surface area contributed by atoms with Gasteiger partial charge < -0.3 is 10.1 Å². The fraction of sp³-hybridized carbons (Fsp3) is 0.167. The van der Waals surface area contributed by atoms with Crippen LogP contribution in [0.3, 0.4) is 0 Å². The van der Waals surface area contributed by atoms with Gasteiger partial charge in [0.1, 0.15) is 6.07 Å². The average Bonchev–Trinajstić information content (AvgIpc) is 2.61. The van der Waals surface area contributed by atoms with Crippen molar-refractivity contribution in [1.29, 1.82) is 5.26 Å². The monoisotopic (exact) mass is 356 g/mol. The number of esters is 1. The topological polar surface area (TPSA) is 96.3 Å². The Morgan fingerprint density at radius 1 is 1.16 bits per heavy atom. The molecule has 7 heteroatoms. The molecular formula is C18H16N2O4S. The van der Waals surface area contributed by atoms with Crippen molar-refractivity contribution in [3.05, 3.63) is 59.7 Å². The van der Waals surface area contributed by atoms with Crippen molar-refractivity contribution in [3.63, 3.8) is 0 Å². The summed E-state index contributed by atoms with van der Waals surface area (Å²) >= 11 is 0. The number of rotatable bonds is 5. The first-order valence-corrected chi connectivity index (χ1v) is 8.93. The van der Waals surface area contributed by atoms with E-state index < -0.39 is 28.8 Å². The minimum Gasteiger partial charge on any atom is -0.449 e. The summed E-state index contributed by atoms with van der Waals surface area (Å²) in [5.41, 5.74) is 0.800. The second-order valence-corrected chi connectivity index (χ2v) is 6.49. The van der Waals surface area contributed by atoms with Gasteiger partial charge in [-0.15, -0.1) is 0 Å². The van der Waals surface area contributed by atoms with E-state index in [-0.39, 0.29) is 5.56 Å². The van der Waals surface area contributed by atoms with E-state index >= 15 is 0 Å². The lowest BCUT2D eigenvalue weighted by Gasteiger charge is -2.15. The zero-order valence-electron chi connectivity index (χ0n) is 13.7. The highest BCUT2D eigenvalue weighted by molar-refractivity contribution is 7.84. The van der Waals surface area contributed by atoms with Crippen molar-refractivity contribution in [3.8, 4) is 6.07 Å². The van der Waals surface area contributed by atoms with Gasteiger partial charge in [-0.3, -0.25) is 9.00 Å². The number of nitrogens with one attached hydrogen (secondary N) is 1. The standard InChI is InChI=1S/C18H16N2O4S/c1-12(17(21)20-15-9-5-3-7-13(15)11-19)24-18(22)14-8-4-6-10-16(14)25(2)23/h3-10,12H,1-2H3,(H,20,21)/t12-,25-/m0/s1. The average molecular weight is 356 g/mol. The summed E-state index contributed by atoms with van der Waals surface area (Å²) in [6.45, 7) is 1.42. The molecule has 1 N–H and O–H groups in total. The molecule has 0 aliphatic carbocycles. The summed E-state index contributed by atoms with van der Waals surface area (Å²) in [4.78, 5) is 24.8. The van der Waals surface area contributed by atoms with Gasteiger partial charge in [-0.2, -0.15) is 5.26 Å². The first-order chi connectivity index (χ1) is 11.9. The number of nitrogens with zero attached hydrogens (tertiary/aromatic N) is 1. The SMILES string of the molecule is C[C@H](OC(=O)c1ccccc1[S@](C)=O)C(=O)Nc1ccccc1C#N. The lowest BCUT2D eigenvalue weighted by molar-refractivity contribution is -0.123. The van der Waals surface area contributed by atoms with Crippen LogP contribution in [0, 0.1) is 11.3 Å². The number of hydrogen-bond acceptors (Lipinski definition) is 5. The van der Waals surface area contributed by atoms with E-state index in [0.717, 1.165) is 0 Å². The molecule has 2 rings (SSSR count). The highest BCUT2D eigenvalue weighted by Crippen LogP contribution is 2.17. The molecule has 0 saturated carbocycles. The summed E-state index contributed by atoms with van der Waals surface area (Å²) < 4.78 is 16.9. The number of anilines is 1. The first-order valence-electron chi connectivity index (χ1n) is 7.37. The molecule has 128 valence electrons. The third-order valence-electron chi connectivity index (χ3n) is 3.38. The van der Waals surface area contributed by atoms with Gasteiger partial charge in [-0.25, -0.2) is 4.79 Å². The highest BCUT2D eigenvalue weighted by Gasteiger charge is 2.22. The van der Waals surface area contributed by atoms with Crippen molar-refractivity contribution in [2.24, 2.45) is 0 Å². The number of carbonyl (C=O) groups excluding carboxylic acids is 2. The van der Waals surface area contributed by atoms with Crippen molar-refractivity contribution >= 4 is 28.4 Å². The summed E-state index contributed by atoms with van der Waals surface area (Å²) in [5.74, 6) is -1.30. The van der Waals surface area contributed by atoms with Crippen LogP contribution in [0.15, 0.2) is 53.4 Å². The fourth-order valence-corrected chi connectivity index (χ4v) is 2.82. The summed E-state index contributed by atoms with van der Waals surface area (Å²) in [7, 11) is -1.36. The van der Waals surface area contributed by atoms with Crippen LogP contribution < -0.4 is 5.32 Å². The zero-order valence-corrected chi connectivity index (χ0v) is 14.5. The maximum absolute atomic E-state index is 12.3. The summed E-state index contributed by atoms with van der Waals surface area (Å²) in [6, 6.07) is 14.8. The van der Waals surface area contributed by atoms with Gasteiger partial charge in [0.05, 0.1) is 32.5 Å². The number of nitriles is 1. The highest BCUT2D eigenvalue weighted by atomic mass is 32.2. The molecule has 0 aliphatic heterocycles. The van der Waals surface area contributed by atoms with E-state index in [1.807, 2.05) is 6.07 Å². The number of para-hydroxylation sites is 1.